The fraction of sp³-hybridized carbons (Fsp3) is 0.200. The highest BCUT2D eigenvalue weighted by Gasteiger charge is 2.33. The summed E-state index contributed by atoms with van der Waals surface area (Å²) in [6, 6.07) is 33.3. The minimum Gasteiger partial charge on any atom is -0.397 e. The number of rotatable bonds is 10. The third-order valence-electron chi connectivity index (χ3n) is 7.99. The summed E-state index contributed by atoms with van der Waals surface area (Å²) >= 11 is -1.64. The van der Waals surface area contributed by atoms with E-state index < -0.39 is 28.1 Å². The molecule has 0 aliphatic carbocycles. The number of fused-ring (bicyclic) bond motifs is 1. The third kappa shape index (κ3) is 7.14. The summed E-state index contributed by atoms with van der Waals surface area (Å²) < 4.78 is 34.1. The molecule has 2 heterocycles. The summed E-state index contributed by atoms with van der Waals surface area (Å²) in [5, 5.41) is 1.73. The Labute approximate surface area is 268 Å². The van der Waals surface area contributed by atoms with Crippen molar-refractivity contribution in [3.8, 4) is 5.75 Å². The molecule has 1 saturated heterocycles. The Hall–Kier alpha value is -4.38. The molecule has 1 aliphatic heterocycles. The summed E-state index contributed by atoms with van der Waals surface area (Å²) in [7, 11) is 0.131. The van der Waals surface area contributed by atoms with E-state index in [1.54, 1.807) is 48.0 Å². The molecule has 0 N–H and O–H groups in total. The predicted octanol–water partition coefficient (Wildman–Crippen LogP) is 5.25. The maximum absolute atomic E-state index is 14.2. The SMILES string of the molecule is CN(C(Cc1ccc(OS(=O)c2ccccc2)cc1)C(=O)N1CCN(c2ccccc2)CC1)S(=O)c1cccc2cnccc12. The molecular weight excluding hydrogens is 605 g/mol. The molecule has 1 aliphatic rings. The van der Waals surface area contributed by atoms with Crippen LogP contribution in [-0.2, 0) is 33.3 Å². The Bertz CT molecular complexity index is 1790. The van der Waals surface area contributed by atoms with Crippen molar-refractivity contribution < 1.29 is 17.4 Å². The third-order valence-corrected chi connectivity index (χ3v) is 10.5. The van der Waals surface area contributed by atoms with Crippen LogP contribution >= 0.6 is 0 Å². The van der Waals surface area contributed by atoms with Crippen LogP contribution in [0.5, 0.6) is 5.75 Å². The Balaban J connectivity index is 1.22. The van der Waals surface area contributed by atoms with E-state index in [4.69, 9.17) is 4.18 Å². The molecule has 5 aromatic rings. The molecule has 1 amide bonds. The smallest absolute Gasteiger partial charge is 0.241 e. The molecule has 6 rings (SSSR count). The van der Waals surface area contributed by atoms with Gasteiger partial charge in [-0.15, -0.1) is 0 Å². The maximum Gasteiger partial charge on any atom is 0.241 e. The summed E-state index contributed by atoms with van der Waals surface area (Å²) in [6.07, 6.45) is 3.78. The van der Waals surface area contributed by atoms with Gasteiger partial charge >= 0.3 is 0 Å². The highest BCUT2D eigenvalue weighted by atomic mass is 32.2. The van der Waals surface area contributed by atoms with Crippen LogP contribution in [0.1, 0.15) is 5.56 Å². The first-order valence-electron chi connectivity index (χ1n) is 14.8. The van der Waals surface area contributed by atoms with Gasteiger partial charge in [0, 0.05) is 62.1 Å². The van der Waals surface area contributed by atoms with Crippen molar-refractivity contribution in [3.63, 3.8) is 0 Å². The lowest BCUT2D eigenvalue weighted by Gasteiger charge is -2.39. The molecule has 45 heavy (non-hydrogen) atoms. The average Bonchev–Trinajstić information content (AvgIpc) is 3.11. The van der Waals surface area contributed by atoms with E-state index in [1.165, 1.54) is 0 Å². The van der Waals surface area contributed by atoms with E-state index in [0.29, 0.717) is 35.1 Å². The number of para-hydroxylation sites is 1. The van der Waals surface area contributed by atoms with Crippen LogP contribution in [0.15, 0.2) is 131 Å². The van der Waals surface area contributed by atoms with Crippen LogP contribution in [0.2, 0.25) is 0 Å². The number of likely N-dealkylation sites (N-methyl/N-ethyl adjacent to an activating group) is 1. The fourth-order valence-electron chi connectivity index (χ4n) is 5.49. The van der Waals surface area contributed by atoms with Crippen LogP contribution in [0, 0.1) is 0 Å². The first-order chi connectivity index (χ1) is 22.0. The highest BCUT2D eigenvalue weighted by molar-refractivity contribution is 7.83. The first kappa shape index (κ1) is 30.6. The van der Waals surface area contributed by atoms with E-state index >= 15 is 0 Å². The summed E-state index contributed by atoms with van der Waals surface area (Å²) in [5.74, 6) is 0.396. The largest absolute Gasteiger partial charge is 0.397 e. The van der Waals surface area contributed by atoms with Crippen LogP contribution < -0.4 is 9.08 Å². The van der Waals surface area contributed by atoms with Crippen molar-refractivity contribution in [2.75, 3.05) is 38.1 Å². The van der Waals surface area contributed by atoms with Gasteiger partial charge in [-0.3, -0.25) is 9.78 Å². The van der Waals surface area contributed by atoms with Gasteiger partial charge in [0.25, 0.3) is 0 Å². The first-order valence-corrected chi connectivity index (χ1v) is 17.0. The van der Waals surface area contributed by atoms with Gasteiger partial charge in [-0.25, -0.2) is 12.7 Å². The second-order valence-corrected chi connectivity index (χ2v) is 13.4. The van der Waals surface area contributed by atoms with Crippen molar-refractivity contribution >= 4 is 44.4 Å². The topological polar surface area (TPSA) is 83.0 Å². The van der Waals surface area contributed by atoms with Crippen LogP contribution in [-0.4, -0.2) is 67.8 Å². The Morgan fingerprint density at radius 1 is 0.844 bits per heavy atom. The van der Waals surface area contributed by atoms with Crippen LogP contribution in [0.4, 0.5) is 5.69 Å². The molecule has 0 saturated carbocycles. The minimum absolute atomic E-state index is 0.0639. The number of pyridine rings is 1. The lowest BCUT2D eigenvalue weighted by Crippen LogP contribution is -2.55. The van der Waals surface area contributed by atoms with Crippen molar-refractivity contribution in [3.05, 3.63) is 127 Å². The molecule has 0 spiro atoms. The summed E-state index contributed by atoms with van der Waals surface area (Å²) in [5.41, 5.74) is 2.01. The Morgan fingerprint density at radius 3 is 2.24 bits per heavy atom. The number of carbonyl (C=O) groups is 1. The van der Waals surface area contributed by atoms with Crippen molar-refractivity contribution in [1.82, 2.24) is 14.2 Å². The number of aromatic nitrogens is 1. The molecule has 8 nitrogen and oxygen atoms in total. The zero-order valence-electron chi connectivity index (χ0n) is 24.9. The van der Waals surface area contributed by atoms with Gasteiger partial charge < -0.3 is 14.0 Å². The van der Waals surface area contributed by atoms with Gasteiger partial charge in [0.2, 0.25) is 17.0 Å². The van der Waals surface area contributed by atoms with Crippen molar-refractivity contribution in [2.45, 2.75) is 22.3 Å². The van der Waals surface area contributed by atoms with Crippen molar-refractivity contribution in [1.29, 1.82) is 0 Å². The van der Waals surface area contributed by atoms with Crippen LogP contribution in [0.25, 0.3) is 10.8 Å². The van der Waals surface area contributed by atoms with Crippen molar-refractivity contribution in [2.24, 2.45) is 0 Å². The zero-order chi connectivity index (χ0) is 31.2. The number of hydrogen-bond donors (Lipinski definition) is 0. The zero-order valence-corrected chi connectivity index (χ0v) is 26.5. The number of hydrogen-bond acceptors (Lipinski definition) is 6. The highest BCUT2D eigenvalue weighted by Crippen LogP contribution is 2.26. The van der Waals surface area contributed by atoms with E-state index in [-0.39, 0.29) is 5.91 Å². The quantitative estimate of drug-likeness (QED) is 0.208. The van der Waals surface area contributed by atoms with Gasteiger partial charge in [0.1, 0.15) is 22.8 Å². The predicted molar refractivity (Wildman–Crippen MR) is 179 cm³/mol. The molecule has 10 heteroatoms. The molecule has 230 valence electrons. The Kier molecular flexibility index (Phi) is 9.63. The van der Waals surface area contributed by atoms with E-state index in [2.05, 4.69) is 22.0 Å². The van der Waals surface area contributed by atoms with Gasteiger partial charge in [-0.05, 0) is 60.5 Å². The van der Waals surface area contributed by atoms with Gasteiger partial charge in [-0.2, -0.15) is 0 Å². The number of benzene rings is 4. The van der Waals surface area contributed by atoms with Gasteiger partial charge in [0.15, 0.2) is 0 Å². The molecule has 3 atom stereocenters. The number of anilines is 1. The normalized spacial score (nSPS) is 15.5. The number of amides is 1. The molecule has 0 radical (unpaired) electrons. The number of piperazine rings is 1. The maximum atomic E-state index is 14.2. The average molecular weight is 639 g/mol. The Morgan fingerprint density at radius 2 is 1.53 bits per heavy atom. The lowest BCUT2D eigenvalue weighted by atomic mass is 10.0. The summed E-state index contributed by atoms with van der Waals surface area (Å²) in [6.45, 7) is 2.58. The van der Waals surface area contributed by atoms with Crippen LogP contribution in [0.3, 0.4) is 0 Å². The number of carbonyl (C=O) groups excluding carboxylic acids is 1. The molecule has 4 aromatic carbocycles. The standard InChI is InChI=1S/C35H34N4O4S2/c1-37(44(41)34-14-8-9-28-26-36-20-19-32(28)34)33(35(40)39-23-21-38(22-24-39)29-10-4-2-5-11-29)25-27-15-17-30(18-16-27)43-45(42)31-12-6-3-7-13-31/h2-20,26,33H,21-25H2,1H3. The number of nitrogens with zero attached hydrogens (tertiary/aromatic N) is 4. The van der Waals surface area contributed by atoms with E-state index in [0.717, 1.165) is 35.1 Å². The van der Waals surface area contributed by atoms with E-state index in [1.807, 2.05) is 77.7 Å². The molecule has 3 unspecified atom stereocenters. The second kappa shape index (κ2) is 14.2. The summed E-state index contributed by atoms with van der Waals surface area (Å²) in [4.78, 5) is 23.8. The lowest BCUT2D eigenvalue weighted by molar-refractivity contribution is -0.135. The van der Waals surface area contributed by atoms with E-state index in [9.17, 15) is 13.2 Å². The molecule has 1 fully saturated rings. The second-order valence-electron chi connectivity index (χ2n) is 10.8. The molecular formula is C35H34N4O4S2. The molecule has 1 aromatic heterocycles. The monoisotopic (exact) mass is 638 g/mol. The minimum atomic E-state index is -1.64. The fourth-order valence-corrected chi connectivity index (χ4v) is 7.53. The van der Waals surface area contributed by atoms with Gasteiger partial charge in [0.05, 0.1) is 9.79 Å². The molecule has 0 bridgehead atoms. The van der Waals surface area contributed by atoms with Gasteiger partial charge in [-0.1, -0.05) is 60.7 Å².